The second kappa shape index (κ2) is 12500. The van der Waals surface area contributed by atoms with Crippen molar-refractivity contribution in [3.63, 3.8) is 0 Å². The minimum Gasteiger partial charge on any atom is -0.870 e. The summed E-state index contributed by atoms with van der Waals surface area (Å²) in [6.07, 6.45) is 0. The molecule has 0 aliphatic rings. The molecule has 6 heavy (non-hydrogen) atoms. The molecule has 4 nitrogen and oxygen atoms in total. The summed E-state index contributed by atoms with van der Waals surface area (Å²) >= 11 is 0. The van der Waals surface area contributed by atoms with Gasteiger partial charge in [0.1, 0.15) is 6.79 Å². The molecule has 0 saturated heterocycles. The minimum absolute atomic E-state index is 0. The number of carbonyl (C=O) groups excluding carboxylic acids is 1. The van der Waals surface area contributed by atoms with Gasteiger partial charge in [-0.3, -0.25) is 0 Å². The van der Waals surface area contributed by atoms with E-state index in [1.807, 2.05) is 6.79 Å². The van der Waals surface area contributed by atoms with Gasteiger partial charge in [-0.15, -0.1) is 0 Å². The van der Waals surface area contributed by atoms with Crippen LogP contribution in [0.1, 0.15) is 0 Å². The van der Waals surface area contributed by atoms with E-state index in [-0.39, 0.29) is 33.8 Å². The van der Waals surface area contributed by atoms with E-state index in [1.54, 1.807) is 0 Å². The molecule has 0 aromatic carbocycles. The van der Waals surface area contributed by atoms with Crippen molar-refractivity contribution in [2.45, 2.75) is 0 Å². The molecule has 0 amide bonds. The first kappa shape index (κ1) is 134. The maximum absolute atomic E-state index is 8.00. The van der Waals surface area contributed by atoms with Crippen molar-refractivity contribution < 1.29 is 21.2 Å². The third kappa shape index (κ3) is 5700. The minimum atomic E-state index is 0. The predicted octanol–water partition coefficient (Wildman–Crippen LogP) is -1.10. The van der Waals surface area contributed by atoms with E-state index in [9.17, 15) is 0 Å². The summed E-state index contributed by atoms with van der Waals surface area (Å²) in [6.45, 7) is 2.00. The third-order valence-corrected chi connectivity index (χ3v) is 0. The zero-order valence-corrected chi connectivity index (χ0v) is 4.19. The molecule has 0 aromatic rings. The molecule has 0 atom stereocenters. The molecule has 0 heterocycles. The molecule has 0 saturated carbocycles. The molecule has 0 aliphatic heterocycles. The first-order valence-corrected chi connectivity index (χ1v) is 0.289. The summed E-state index contributed by atoms with van der Waals surface area (Å²) < 4.78 is 0. The molecule has 0 aliphatic carbocycles. The van der Waals surface area contributed by atoms with E-state index in [0.29, 0.717) is 0 Å². The van der Waals surface area contributed by atoms with Gasteiger partial charge in [0, 0.05) is 0 Å². The van der Waals surface area contributed by atoms with Crippen molar-refractivity contribution in [1.29, 1.82) is 0 Å². The second-order valence-electron chi connectivity index (χ2n) is 0. The van der Waals surface area contributed by atoms with Crippen LogP contribution in [-0.2, 0) is 4.79 Å². The first-order valence-electron chi connectivity index (χ1n) is 0.289. The van der Waals surface area contributed by atoms with Gasteiger partial charge in [0.25, 0.3) is 0 Å². The molecular formula is CH5AlO4. The molecule has 0 fully saturated rings. The van der Waals surface area contributed by atoms with Crippen LogP contribution in [0, 0.1) is 0 Å². The van der Waals surface area contributed by atoms with E-state index in [2.05, 4.69) is 0 Å². The Morgan fingerprint density at radius 1 is 0.833 bits per heavy atom. The zero-order chi connectivity index (χ0) is 2.00. The van der Waals surface area contributed by atoms with Gasteiger partial charge in [0.05, 0.1) is 0 Å². The van der Waals surface area contributed by atoms with Crippen LogP contribution in [0.5, 0.6) is 0 Å². The number of hydrogen-bond acceptors (Lipinski definition) is 4. The van der Waals surface area contributed by atoms with Crippen LogP contribution >= 0.6 is 0 Å². The molecular weight excluding hydrogens is 103 g/mol. The standard InChI is InChI=1S/CH2O.Al.3H2O/c1-2;;;;/h1H2;;3*1H2/q;+3;;;/p-3. The fraction of sp³-hybridized carbons (Fsp3) is 0. The quantitative estimate of drug-likeness (QED) is 0.367. The van der Waals surface area contributed by atoms with Crippen LogP contribution in [0.2, 0.25) is 0 Å². The molecule has 0 aromatic heterocycles. The van der Waals surface area contributed by atoms with Gasteiger partial charge in [0.2, 0.25) is 0 Å². The Labute approximate surface area is 46.2 Å². The SMILES string of the molecule is C=O.[Al+3].[OH-].[OH-].[OH-]. The summed E-state index contributed by atoms with van der Waals surface area (Å²) in [7, 11) is 0. The molecule has 36 valence electrons. The van der Waals surface area contributed by atoms with Crippen molar-refractivity contribution >= 4 is 24.2 Å². The Balaban J connectivity index is -0.000000000833. The van der Waals surface area contributed by atoms with E-state index < -0.39 is 0 Å². The van der Waals surface area contributed by atoms with Crippen molar-refractivity contribution in [3.05, 3.63) is 0 Å². The fourth-order valence-corrected chi connectivity index (χ4v) is 0. The van der Waals surface area contributed by atoms with Crippen LogP contribution < -0.4 is 0 Å². The first-order chi connectivity index (χ1) is 1.00. The van der Waals surface area contributed by atoms with Crippen molar-refractivity contribution in [3.8, 4) is 0 Å². The molecule has 0 unspecified atom stereocenters. The topological polar surface area (TPSA) is 107 Å². The van der Waals surface area contributed by atoms with E-state index in [1.165, 1.54) is 0 Å². The average molecular weight is 108 g/mol. The number of carbonyl (C=O) groups is 1. The Kier molecular flexibility index (Phi) is 278000. The molecule has 3 N–H and O–H groups in total. The zero-order valence-electron chi connectivity index (χ0n) is 3.03. The van der Waals surface area contributed by atoms with Crippen LogP contribution in [-0.4, -0.2) is 40.6 Å². The van der Waals surface area contributed by atoms with Crippen LogP contribution in [0.4, 0.5) is 0 Å². The molecule has 0 radical (unpaired) electrons. The Morgan fingerprint density at radius 2 is 0.833 bits per heavy atom. The van der Waals surface area contributed by atoms with Crippen LogP contribution in [0.15, 0.2) is 0 Å². The maximum Gasteiger partial charge on any atom is 3.00 e. The molecule has 0 bridgehead atoms. The van der Waals surface area contributed by atoms with Gasteiger partial charge in [-0.1, -0.05) is 0 Å². The van der Waals surface area contributed by atoms with Gasteiger partial charge in [0.15, 0.2) is 0 Å². The van der Waals surface area contributed by atoms with Crippen molar-refractivity contribution in [2.24, 2.45) is 0 Å². The smallest absolute Gasteiger partial charge is 0.870 e. The summed E-state index contributed by atoms with van der Waals surface area (Å²) in [5, 5.41) is 0. The largest absolute Gasteiger partial charge is 3.00 e. The summed E-state index contributed by atoms with van der Waals surface area (Å²) in [4.78, 5) is 8.00. The Hall–Kier alpha value is 0.0825. The summed E-state index contributed by atoms with van der Waals surface area (Å²) in [5.41, 5.74) is 0. The Bertz CT molecular complexity index is 7.51. The summed E-state index contributed by atoms with van der Waals surface area (Å²) in [5.74, 6) is 0. The van der Waals surface area contributed by atoms with Gasteiger partial charge >= 0.3 is 17.4 Å². The third-order valence-electron chi connectivity index (χ3n) is 0. The second-order valence-corrected chi connectivity index (χ2v) is 0. The Morgan fingerprint density at radius 3 is 0.833 bits per heavy atom. The van der Waals surface area contributed by atoms with E-state index in [0.717, 1.165) is 0 Å². The monoisotopic (exact) mass is 108 g/mol. The van der Waals surface area contributed by atoms with Crippen molar-refractivity contribution in [2.75, 3.05) is 0 Å². The van der Waals surface area contributed by atoms with Gasteiger partial charge in [-0.2, -0.15) is 0 Å². The number of hydrogen-bond donors (Lipinski definition) is 0. The molecule has 0 rings (SSSR count). The summed E-state index contributed by atoms with van der Waals surface area (Å²) in [6, 6.07) is 0. The van der Waals surface area contributed by atoms with E-state index >= 15 is 0 Å². The van der Waals surface area contributed by atoms with Crippen molar-refractivity contribution in [1.82, 2.24) is 0 Å². The van der Waals surface area contributed by atoms with Crippen LogP contribution in [0.25, 0.3) is 0 Å². The van der Waals surface area contributed by atoms with Gasteiger partial charge < -0.3 is 21.2 Å². The average Bonchev–Trinajstić information content (AvgIpc) is 1.00. The predicted molar refractivity (Wildman–Crippen MR) is 18.7 cm³/mol. The van der Waals surface area contributed by atoms with Crippen LogP contribution in [0.3, 0.4) is 0 Å². The van der Waals surface area contributed by atoms with E-state index in [4.69, 9.17) is 4.79 Å². The fourth-order valence-electron chi connectivity index (χ4n) is 0. The number of rotatable bonds is 0. The van der Waals surface area contributed by atoms with Gasteiger partial charge in [-0.05, 0) is 0 Å². The molecule has 0 spiro atoms. The molecule has 5 heteroatoms. The normalized spacial score (nSPS) is 0.667. The van der Waals surface area contributed by atoms with Gasteiger partial charge in [-0.25, -0.2) is 0 Å². The maximum atomic E-state index is 8.00.